The van der Waals surface area contributed by atoms with Crippen LogP contribution in [0, 0.1) is 0 Å². The maximum atomic E-state index is 5.53. The average molecular weight is 1470 g/mol. The van der Waals surface area contributed by atoms with Crippen molar-refractivity contribution in [2.45, 2.75) is 0 Å². The van der Waals surface area contributed by atoms with E-state index in [9.17, 15) is 0 Å². The maximum Gasteiger partial charge on any atom is 0.274 e. The van der Waals surface area contributed by atoms with Crippen LogP contribution in [0.25, 0.3) is 197 Å². The standard InChI is InChI=1S/C96H61N18/c1-7-25-73(26-8-1)109-61-108(85-42-24-48-102-96(85)109)79-59-67(56-72(60-79)90-107-84-41-23-47-101-95(84)114(90)78-35-17-6-18-36-78)64-50-62(65-52-68(86-103-80-37-19-43-97-91(80)110(86)74-27-9-2-10-28-74)57-69(53-65)87-104-81-38-20-44-98-92(81)111(87)75-29-11-3-12-30-75)49-63(51-64)66-54-70(88-105-82-39-21-45-99-93(82)112(88)76-31-13-4-14-32-76)58-71(55-66)89-106-83-40-22-46-100-94(83)113(89)77-33-15-5-16-34-77/h1-61H/q+1. The Hall–Kier alpha value is -16.1. The first-order valence-electron chi connectivity index (χ1n) is 37.5. The summed E-state index contributed by atoms with van der Waals surface area (Å²) in [4.78, 5) is 57.9. The fourth-order valence-corrected chi connectivity index (χ4v) is 15.9. The first-order chi connectivity index (χ1) is 56.5. The van der Waals surface area contributed by atoms with Crippen molar-refractivity contribution < 1.29 is 4.57 Å². The second-order valence-electron chi connectivity index (χ2n) is 28.0. The zero-order chi connectivity index (χ0) is 75.2. The summed E-state index contributed by atoms with van der Waals surface area (Å²) in [6, 6.07) is 113. The third kappa shape index (κ3) is 11.2. The van der Waals surface area contributed by atoms with Crippen molar-refractivity contribution in [3.8, 4) is 130 Å². The van der Waals surface area contributed by atoms with E-state index >= 15 is 0 Å². The smallest absolute Gasteiger partial charge is 0.274 e. The summed E-state index contributed by atoms with van der Waals surface area (Å²) >= 11 is 0. The van der Waals surface area contributed by atoms with Crippen molar-refractivity contribution in [2.24, 2.45) is 0 Å². The van der Waals surface area contributed by atoms with E-state index in [1.807, 2.05) is 189 Å². The minimum absolute atomic E-state index is 0.688. The summed E-state index contributed by atoms with van der Waals surface area (Å²) in [7, 11) is 0. The van der Waals surface area contributed by atoms with Crippen LogP contribution in [0.4, 0.5) is 0 Å². The third-order valence-electron chi connectivity index (χ3n) is 21.0. The lowest BCUT2D eigenvalue weighted by molar-refractivity contribution is -0.567. The molecule has 0 unspecified atom stereocenters. The number of benzene rings is 10. The van der Waals surface area contributed by atoms with Crippen LogP contribution in [0.5, 0.6) is 0 Å². The number of rotatable bonds is 15. The molecule has 0 atom stereocenters. The molecule has 0 amide bonds. The van der Waals surface area contributed by atoms with Gasteiger partial charge in [-0.1, -0.05) is 109 Å². The summed E-state index contributed by atoms with van der Waals surface area (Å²) in [5.74, 6) is 3.45. The molecule has 0 spiro atoms. The number of imidazole rings is 6. The number of aromatic nitrogens is 18. The SMILES string of the molecule is c1ccc(-n2c[n+](-c3cc(-c4cc(-c5cc(-c6nc7cccnc7n6-c6ccccc6)cc(-c6nc7cccnc7n6-c6ccccc6)c5)cc(-c5cc(-c6nc7cccnc7n6-c6ccccc6)cc(-c6nc7cccnc7n6-c6ccccc6)c5)c4)cc(-c4nc5cccnc5n4-c4ccccc4)c3)c3cccnc32)cc1. The number of hydrogen-bond donors (Lipinski definition) is 0. The van der Waals surface area contributed by atoms with Gasteiger partial charge in [-0.15, -0.1) is 0 Å². The third-order valence-corrected chi connectivity index (χ3v) is 21.0. The summed E-state index contributed by atoms with van der Waals surface area (Å²) in [5.41, 5.74) is 24.7. The predicted molar refractivity (Wildman–Crippen MR) is 448 cm³/mol. The Morgan fingerprint density at radius 3 is 0.702 bits per heavy atom. The van der Waals surface area contributed by atoms with Crippen molar-refractivity contribution in [1.29, 1.82) is 0 Å². The van der Waals surface area contributed by atoms with Crippen LogP contribution in [-0.4, -0.2) is 82.2 Å². The quantitative estimate of drug-likeness (QED) is 0.0893. The molecule has 0 saturated heterocycles. The molecular formula is C96H61N18+. The van der Waals surface area contributed by atoms with E-state index in [4.69, 9.17) is 54.8 Å². The summed E-state index contributed by atoms with van der Waals surface area (Å²) in [6.07, 6.45) is 13.1. The van der Waals surface area contributed by atoms with Crippen molar-refractivity contribution in [3.05, 3.63) is 371 Å². The van der Waals surface area contributed by atoms with Crippen LogP contribution in [0.15, 0.2) is 371 Å². The number of pyridine rings is 6. The topological polar surface area (TPSA) is 175 Å². The Morgan fingerprint density at radius 2 is 0.412 bits per heavy atom. The van der Waals surface area contributed by atoms with Crippen molar-refractivity contribution in [1.82, 2.24) is 82.2 Å². The molecule has 114 heavy (non-hydrogen) atoms. The molecule has 12 aromatic heterocycles. The van der Waals surface area contributed by atoms with Crippen LogP contribution in [0.3, 0.4) is 0 Å². The van der Waals surface area contributed by atoms with Crippen LogP contribution < -0.4 is 4.57 Å². The van der Waals surface area contributed by atoms with Crippen molar-refractivity contribution in [3.63, 3.8) is 0 Å². The summed E-state index contributed by atoms with van der Waals surface area (Å²) in [6.45, 7) is 0. The minimum atomic E-state index is 0.688. The molecule has 12 heterocycles. The lowest BCUT2D eigenvalue weighted by Gasteiger charge is -2.17. The highest BCUT2D eigenvalue weighted by atomic mass is 15.2. The van der Waals surface area contributed by atoms with E-state index in [2.05, 4.69) is 214 Å². The fourth-order valence-electron chi connectivity index (χ4n) is 15.9. The highest BCUT2D eigenvalue weighted by Gasteiger charge is 2.28. The Morgan fingerprint density at radius 1 is 0.193 bits per heavy atom. The van der Waals surface area contributed by atoms with Gasteiger partial charge in [0.2, 0.25) is 0 Å². The van der Waals surface area contributed by atoms with Gasteiger partial charge >= 0.3 is 0 Å². The highest BCUT2D eigenvalue weighted by molar-refractivity contribution is 5.93. The minimum Gasteiger partial charge on any atom is -0.277 e. The van der Waals surface area contributed by atoms with Gasteiger partial charge in [0.25, 0.3) is 12.0 Å². The largest absolute Gasteiger partial charge is 0.277 e. The lowest BCUT2D eigenvalue weighted by Crippen LogP contribution is -2.29. The Kier molecular flexibility index (Phi) is 15.4. The Labute approximate surface area is 651 Å². The molecule has 0 aliphatic carbocycles. The van der Waals surface area contributed by atoms with Gasteiger partial charge in [0.15, 0.2) is 33.8 Å². The molecule has 0 bridgehead atoms. The van der Waals surface area contributed by atoms with E-state index in [1.54, 1.807) is 0 Å². The molecule has 0 fully saturated rings. The van der Waals surface area contributed by atoms with E-state index < -0.39 is 0 Å². The Balaban J connectivity index is 0.868. The Bertz CT molecular complexity index is 6900. The van der Waals surface area contributed by atoms with Gasteiger partial charge in [0.1, 0.15) is 68.1 Å². The van der Waals surface area contributed by atoms with E-state index in [-0.39, 0.29) is 0 Å². The van der Waals surface area contributed by atoms with Gasteiger partial charge in [0, 0.05) is 93.4 Å². The van der Waals surface area contributed by atoms with Crippen LogP contribution >= 0.6 is 0 Å². The van der Waals surface area contributed by atoms with Gasteiger partial charge in [-0.3, -0.25) is 22.8 Å². The second kappa shape index (κ2) is 26.9. The molecule has 18 nitrogen and oxygen atoms in total. The van der Waals surface area contributed by atoms with E-state index in [0.717, 1.165) is 145 Å². The molecule has 0 N–H and O–H groups in total. The summed E-state index contributed by atoms with van der Waals surface area (Å²) in [5, 5.41) is 0. The predicted octanol–water partition coefficient (Wildman–Crippen LogP) is 20.3. The van der Waals surface area contributed by atoms with Crippen LogP contribution in [-0.2, 0) is 0 Å². The first kappa shape index (κ1) is 65.0. The number of hydrogen-bond acceptors (Lipinski definition) is 11. The maximum absolute atomic E-state index is 5.53. The van der Waals surface area contributed by atoms with Crippen LogP contribution in [0.1, 0.15) is 0 Å². The zero-order valence-corrected chi connectivity index (χ0v) is 60.8. The number of fused-ring (bicyclic) bond motifs is 6. The molecule has 0 saturated carbocycles. The van der Waals surface area contributed by atoms with Gasteiger partial charge in [-0.2, -0.15) is 9.13 Å². The lowest BCUT2D eigenvalue weighted by atomic mass is 9.90. The van der Waals surface area contributed by atoms with E-state index in [0.29, 0.717) is 51.7 Å². The van der Waals surface area contributed by atoms with Crippen LogP contribution in [0.2, 0.25) is 0 Å². The van der Waals surface area contributed by atoms with Crippen molar-refractivity contribution in [2.75, 3.05) is 0 Å². The molecule has 0 aliphatic heterocycles. The second-order valence-corrected chi connectivity index (χ2v) is 28.0. The molecule has 0 radical (unpaired) electrons. The molecule has 10 aromatic carbocycles. The average Bonchev–Trinajstić information content (AvgIpc) is 1.75. The van der Waals surface area contributed by atoms with Gasteiger partial charge in [-0.25, -0.2) is 54.8 Å². The van der Waals surface area contributed by atoms with Gasteiger partial charge in [-0.05, 0) is 252 Å². The molecule has 22 rings (SSSR count). The molecule has 534 valence electrons. The fraction of sp³-hybridized carbons (Fsp3) is 0. The zero-order valence-electron chi connectivity index (χ0n) is 60.8. The highest BCUT2D eigenvalue weighted by Crippen LogP contribution is 2.44. The van der Waals surface area contributed by atoms with Crippen molar-refractivity contribution >= 4 is 67.0 Å². The normalized spacial score (nSPS) is 11.7. The molecule has 22 aromatic rings. The molecule has 18 heteroatoms. The van der Waals surface area contributed by atoms with E-state index in [1.165, 1.54) is 0 Å². The number of para-hydroxylation sites is 6. The van der Waals surface area contributed by atoms with Gasteiger partial charge in [0.05, 0.1) is 0 Å². The number of nitrogens with zero attached hydrogens (tertiary/aromatic N) is 18. The first-order valence-corrected chi connectivity index (χ1v) is 37.5. The molecular weight excluding hydrogens is 1410 g/mol. The molecule has 0 aliphatic rings. The summed E-state index contributed by atoms with van der Waals surface area (Å²) < 4.78 is 15.1. The monoisotopic (exact) mass is 1470 g/mol. The van der Waals surface area contributed by atoms with Gasteiger partial charge < -0.3 is 0 Å².